The molecule has 5 N–H and O–H groups in total. The number of primary amides is 1. The molecule has 0 aromatic carbocycles. The zero-order valence-corrected chi connectivity index (χ0v) is 6.87. The summed E-state index contributed by atoms with van der Waals surface area (Å²) >= 11 is 0. The number of carbonyl (C=O) groups excluding carboxylic acids is 1. The van der Waals surface area contributed by atoms with E-state index in [9.17, 15) is 13.6 Å². The van der Waals surface area contributed by atoms with Crippen LogP contribution in [-0.2, 0) is 0 Å². The van der Waals surface area contributed by atoms with Gasteiger partial charge >= 0.3 is 0 Å². The summed E-state index contributed by atoms with van der Waals surface area (Å²) in [5.41, 5.74) is 8.55. The van der Waals surface area contributed by atoms with Crippen molar-refractivity contribution in [1.82, 2.24) is 4.98 Å². The van der Waals surface area contributed by atoms with Gasteiger partial charge in [-0.3, -0.25) is 4.79 Å². The van der Waals surface area contributed by atoms with Gasteiger partial charge in [-0.25, -0.2) is 13.8 Å². The predicted octanol–water partition coefficient (Wildman–Crippen LogP) is 0.406. The molecule has 1 rings (SSSR count). The molecule has 0 saturated carbocycles. The lowest BCUT2D eigenvalue weighted by atomic mass is 10.2. The first-order valence-corrected chi connectivity index (χ1v) is 3.50. The van der Waals surface area contributed by atoms with Crippen LogP contribution in [0, 0.1) is 0 Å². The van der Waals surface area contributed by atoms with Crippen molar-refractivity contribution in [3.8, 4) is 5.75 Å². The molecule has 1 heterocycles. The van der Waals surface area contributed by atoms with Crippen molar-refractivity contribution in [2.45, 2.75) is 6.43 Å². The highest BCUT2D eigenvalue weighted by Gasteiger charge is 2.20. The van der Waals surface area contributed by atoms with Gasteiger partial charge in [-0.05, 0) is 6.07 Å². The van der Waals surface area contributed by atoms with E-state index < -0.39 is 35.2 Å². The topological polar surface area (TPSA) is 102 Å². The summed E-state index contributed by atoms with van der Waals surface area (Å²) in [5.74, 6) is -2.14. The van der Waals surface area contributed by atoms with Gasteiger partial charge in [-0.1, -0.05) is 0 Å². The molecule has 1 amide bonds. The monoisotopic (exact) mass is 203 g/mol. The summed E-state index contributed by atoms with van der Waals surface area (Å²) in [4.78, 5) is 13.9. The number of pyridine rings is 1. The van der Waals surface area contributed by atoms with Gasteiger partial charge in [-0.15, -0.1) is 0 Å². The van der Waals surface area contributed by atoms with Crippen LogP contribution in [0.15, 0.2) is 6.07 Å². The summed E-state index contributed by atoms with van der Waals surface area (Å²) in [6.07, 6.45) is -2.95. The van der Waals surface area contributed by atoms with Gasteiger partial charge in [0, 0.05) is 0 Å². The summed E-state index contributed by atoms with van der Waals surface area (Å²) in [6.45, 7) is 0. The van der Waals surface area contributed by atoms with Gasteiger partial charge in [0.15, 0.2) is 11.6 Å². The summed E-state index contributed by atoms with van der Waals surface area (Å²) in [5, 5.41) is 8.98. The molecule has 0 bridgehead atoms. The molecule has 5 nitrogen and oxygen atoms in total. The predicted molar refractivity (Wildman–Crippen MR) is 43.8 cm³/mol. The summed E-state index contributed by atoms with van der Waals surface area (Å²) in [6, 6.07) is 0.674. The standard InChI is InChI=1S/C7H7F2N3O2/c8-5(9)2-1-3(13)6(10)12-4(2)7(11)14/h1,5,13H,(H2,10,12)(H2,11,14). The van der Waals surface area contributed by atoms with E-state index in [1.165, 1.54) is 0 Å². The number of rotatable bonds is 2. The molecule has 0 spiro atoms. The van der Waals surface area contributed by atoms with Gasteiger partial charge in [0.1, 0.15) is 5.69 Å². The van der Waals surface area contributed by atoms with Crippen molar-refractivity contribution in [3.63, 3.8) is 0 Å². The maximum absolute atomic E-state index is 12.3. The Hall–Kier alpha value is -1.92. The third-order valence-corrected chi connectivity index (χ3v) is 1.53. The second kappa shape index (κ2) is 3.44. The fourth-order valence-corrected chi connectivity index (χ4v) is 0.896. The lowest BCUT2D eigenvalue weighted by Gasteiger charge is -2.06. The van der Waals surface area contributed by atoms with Gasteiger partial charge in [-0.2, -0.15) is 0 Å². The van der Waals surface area contributed by atoms with E-state index in [1.54, 1.807) is 0 Å². The minimum absolute atomic E-state index is 0.414. The quantitative estimate of drug-likeness (QED) is 0.647. The van der Waals surface area contributed by atoms with E-state index in [0.717, 1.165) is 0 Å². The molecule has 0 atom stereocenters. The number of nitrogens with two attached hydrogens (primary N) is 2. The highest BCUT2D eigenvalue weighted by molar-refractivity contribution is 5.93. The Morgan fingerprint density at radius 3 is 2.57 bits per heavy atom. The van der Waals surface area contributed by atoms with E-state index in [0.29, 0.717) is 6.07 Å². The van der Waals surface area contributed by atoms with Crippen molar-refractivity contribution in [2.24, 2.45) is 5.73 Å². The fourth-order valence-electron chi connectivity index (χ4n) is 0.896. The molecule has 0 radical (unpaired) electrons. The van der Waals surface area contributed by atoms with Crippen LogP contribution in [0.3, 0.4) is 0 Å². The lowest BCUT2D eigenvalue weighted by molar-refractivity contribution is 0.0980. The maximum Gasteiger partial charge on any atom is 0.267 e. The van der Waals surface area contributed by atoms with Gasteiger partial charge < -0.3 is 16.6 Å². The number of hydrogen-bond donors (Lipinski definition) is 3. The Kier molecular flexibility index (Phi) is 2.50. The zero-order chi connectivity index (χ0) is 10.9. The van der Waals surface area contributed by atoms with E-state index in [4.69, 9.17) is 16.6 Å². The second-order valence-electron chi connectivity index (χ2n) is 2.50. The van der Waals surface area contributed by atoms with E-state index in [1.807, 2.05) is 0 Å². The minimum Gasteiger partial charge on any atom is -0.504 e. The van der Waals surface area contributed by atoms with E-state index in [-0.39, 0.29) is 0 Å². The molecule has 0 aliphatic heterocycles. The van der Waals surface area contributed by atoms with Crippen molar-refractivity contribution in [1.29, 1.82) is 0 Å². The first kappa shape index (κ1) is 10.2. The Bertz CT molecular complexity index is 381. The zero-order valence-electron chi connectivity index (χ0n) is 6.87. The Labute approximate surface area is 77.3 Å². The van der Waals surface area contributed by atoms with E-state index >= 15 is 0 Å². The fraction of sp³-hybridized carbons (Fsp3) is 0.143. The van der Waals surface area contributed by atoms with Crippen LogP contribution in [-0.4, -0.2) is 16.0 Å². The van der Waals surface area contributed by atoms with Crippen LogP contribution >= 0.6 is 0 Å². The van der Waals surface area contributed by atoms with Crippen LogP contribution in [0.25, 0.3) is 0 Å². The number of alkyl halides is 2. The second-order valence-corrected chi connectivity index (χ2v) is 2.50. The third-order valence-electron chi connectivity index (χ3n) is 1.53. The highest BCUT2D eigenvalue weighted by atomic mass is 19.3. The number of amides is 1. The first-order chi connectivity index (χ1) is 6.43. The molecular weight excluding hydrogens is 196 g/mol. The van der Waals surface area contributed by atoms with Crippen LogP contribution in [0.5, 0.6) is 5.75 Å². The average Bonchev–Trinajstić information content (AvgIpc) is 2.08. The molecule has 0 aliphatic rings. The summed E-state index contributed by atoms with van der Waals surface area (Å²) in [7, 11) is 0. The van der Waals surface area contributed by atoms with Crippen LogP contribution < -0.4 is 11.5 Å². The molecule has 1 aromatic heterocycles. The number of nitrogens with zero attached hydrogens (tertiary/aromatic N) is 1. The molecular formula is C7H7F2N3O2. The minimum atomic E-state index is -2.95. The average molecular weight is 203 g/mol. The Morgan fingerprint density at radius 2 is 2.14 bits per heavy atom. The molecule has 76 valence electrons. The molecule has 7 heteroatoms. The number of halogens is 2. The van der Waals surface area contributed by atoms with Crippen molar-refractivity contribution in [3.05, 3.63) is 17.3 Å². The lowest BCUT2D eigenvalue weighted by Crippen LogP contribution is -2.17. The van der Waals surface area contributed by atoms with Gasteiger partial charge in [0.2, 0.25) is 0 Å². The van der Waals surface area contributed by atoms with Crippen molar-refractivity contribution < 1.29 is 18.7 Å². The number of anilines is 1. The largest absolute Gasteiger partial charge is 0.504 e. The van der Waals surface area contributed by atoms with Crippen LogP contribution in [0.4, 0.5) is 14.6 Å². The molecule has 0 aliphatic carbocycles. The number of carbonyl (C=O) groups is 1. The van der Waals surface area contributed by atoms with Gasteiger partial charge in [0.25, 0.3) is 12.3 Å². The SMILES string of the molecule is NC(=O)c1nc(N)c(O)cc1C(F)F. The molecule has 14 heavy (non-hydrogen) atoms. The smallest absolute Gasteiger partial charge is 0.267 e. The first-order valence-electron chi connectivity index (χ1n) is 3.50. The van der Waals surface area contributed by atoms with Gasteiger partial charge in [0.05, 0.1) is 5.56 Å². The van der Waals surface area contributed by atoms with E-state index in [2.05, 4.69) is 4.98 Å². The number of aromatic nitrogens is 1. The number of nitrogen functional groups attached to an aromatic ring is 1. The third kappa shape index (κ3) is 1.70. The number of hydrogen-bond acceptors (Lipinski definition) is 4. The molecule has 0 unspecified atom stereocenters. The maximum atomic E-state index is 12.3. The molecule has 0 saturated heterocycles. The Balaban J connectivity index is 3.39. The highest BCUT2D eigenvalue weighted by Crippen LogP contribution is 2.28. The Morgan fingerprint density at radius 1 is 1.57 bits per heavy atom. The van der Waals surface area contributed by atoms with Crippen molar-refractivity contribution in [2.75, 3.05) is 5.73 Å². The van der Waals surface area contributed by atoms with Crippen molar-refractivity contribution >= 4 is 11.7 Å². The molecule has 0 fully saturated rings. The van der Waals surface area contributed by atoms with Crippen LogP contribution in [0.1, 0.15) is 22.5 Å². The van der Waals surface area contributed by atoms with Crippen LogP contribution in [0.2, 0.25) is 0 Å². The normalized spacial score (nSPS) is 10.5. The summed E-state index contributed by atoms with van der Waals surface area (Å²) < 4.78 is 24.6. The molecule has 1 aromatic rings. The number of aromatic hydroxyl groups is 1.